The van der Waals surface area contributed by atoms with Gasteiger partial charge in [-0.15, -0.1) is 11.8 Å². The molecule has 172 valence electrons. The van der Waals surface area contributed by atoms with Crippen LogP contribution in [-0.4, -0.2) is 20.4 Å². The summed E-state index contributed by atoms with van der Waals surface area (Å²) in [6.45, 7) is 6.99. The van der Waals surface area contributed by atoms with E-state index in [-0.39, 0.29) is 21.5 Å². The summed E-state index contributed by atoms with van der Waals surface area (Å²) in [6, 6.07) is 16.6. The Kier molecular flexibility index (Phi) is 7.20. The topological polar surface area (TPSA) is 70.4 Å². The number of nitrogens with one attached hydrogen (secondary N) is 1. The molecule has 2 heterocycles. The van der Waals surface area contributed by atoms with Crippen molar-refractivity contribution in [1.29, 1.82) is 0 Å². The lowest BCUT2D eigenvalue weighted by Gasteiger charge is -2.18. The quantitative estimate of drug-likeness (QED) is 0.378. The number of benzene rings is 2. The van der Waals surface area contributed by atoms with Crippen molar-refractivity contribution >= 4 is 35.4 Å². The van der Waals surface area contributed by atoms with E-state index < -0.39 is 5.56 Å². The number of thioether (sulfide) groups is 1. The van der Waals surface area contributed by atoms with E-state index in [1.807, 2.05) is 18.2 Å². The Morgan fingerprint density at radius 2 is 1.94 bits per heavy atom. The minimum Gasteiger partial charge on any atom is -0.494 e. The standard InChI is InChI=1S/C26H29N3O2S2/c1-4-5-14-29-25(31)23(24(30)28-26(29)32)20-15-22(18-12-10-17(11-13-18)16(2)3)33-21-9-7-6-8-19(21)27-20/h6-13,16,22,31H,4-5,14-15H2,1-3H3,(H,28,30,32)/t22-/m1/s1. The first kappa shape index (κ1) is 23.5. The Hall–Kier alpha value is -2.64. The fourth-order valence-corrected chi connectivity index (χ4v) is 5.50. The van der Waals surface area contributed by atoms with Crippen LogP contribution in [0, 0.1) is 4.77 Å². The number of nitrogens with zero attached hydrogens (tertiary/aromatic N) is 2. The maximum Gasteiger partial charge on any atom is 0.264 e. The molecule has 0 fully saturated rings. The molecule has 1 aliphatic heterocycles. The van der Waals surface area contributed by atoms with Crippen LogP contribution in [0.25, 0.3) is 0 Å². The number of fused-ring (bicyclic) bond motifs is 1. The molecule has 0 bridgehead atoms. The molecule has 0 unspecified atom stereocenters. The van der Waals surface area contributed by atoms with Crippen molar-refractivity contribution in [3.05, 3.63) is 80.3 Å². The fraction of sp³-hybridized carbons (Fsp3) is 0.346. The molecular formula is C26H29N3O2S2. The Morgan fingerprint density at radius 1 is 1.21 bits per heavy atom. The number of aliphatic imine (C=N–C) groups is 1. The van der Waals surface area contributed by atoms with Gasteiger partial charge >= 0.3 is 0 Å². The summed E-state index contributed by atoms with van der Waals surface area (Å²) in [5.41, 5.74) is 3.65. The highest BCUT2D eigenvalue weighted by atomic mass is 32.2. The molecule has 5 nitrogen and oxygen atoms in total. The Bertz CT molecular complexity index is 1290. The first-order valence-corrected chi connectivity index (χ1v) is 12.7. The van der Waals surface area contributed by atoms with E-state index in [1.54, 1.807) is 16.3 Å². The third-order valence-electron chi connectivity index (χ3n) is 5.94. The predicted octanol–water partition coefficient (Wildman–Crippen LogP) is 6.89. The van der Waals surface area contributed by atoms with Crippen molar-refractivity contribution in [2.75, 3.05) is 0 Å². The van der Waals surface area contributed by atoms with Gasteiger partial charge in [0, 0.05) is 23.1 Å². The zero-order chi connectivity index (χ0) is 23.5. The lowest BCUT2D eigenvalue weighted by atomic mass is 9.98. The number of unbranched alkanes of at least 4 members (excludes halogenated alkanes) is 1. The minimum absolute atomic E-state index is 0.0553. The van der Waals surface area contributed by atoms with Gasteiger partial charge in [0.05, 0.1) is 11.4 Å². The van der Waals surface area contributed by atoms with Crippen LogP contribution in [0.3, 0.4) is 0 Å². The minimum atomic E-state index is -0.401. The average Bonchev–Trinajstić information content (AvgIpc) is 2.98. The van der Waals surface area contributed by atoms with Gasteiger partial charge in [0.1, 0.15) is 5.56 Å². The van der Waals surface area contributed by atoms with E-state index in [2.05, 4.69) is 56.1 Å². The molecule has 1 aliphatic rings. The van der Waals surface area contributed by atoms with E-state index >= 15 is 0 Å². The second kappa shape index (κ2) is 10.1. The first-order chi connectivity index (χ1) is 15.9. The molecule has 0 aliphatic carbocycles. The molecule has 7 heteroatoms. The first-order valence-electron chi connectivity index (χ1n) is 11.4. The number of H-pyrrole nitrogens is 1. The SMILES string of the molecule is CCCCn1c(O)c(C2=Nc3ccccc3S[C@@H](c3ccc(C(C)C)cc3)C2)c(=O)[nH]c1=S. The Labute approximate surface area is 203 Å². The zero-order valence-corrected chi connectivity index (χ0v) is 20.8. The molecule has 1 atom stereocenters. The van der Waals surface area contributed by atoms with E-state index in [1.165, 1.54) is 11.1 Å². The van der Waals surface area contributed by atoms with Gasteiger partial charge in [0.15, 0.2) is 4.77 Å². The van der Waals surface area contributed by atoms with Crippen LogP contribution < -0.4 is 5.56 Å². The van der Waals surface area contributed by atoms with Crippen LogP contribution >= 0.6 is 24.0 Å². The van der Waals surface area contributed by atoms with E-state index in [0.29, 0.717) is 24.6 Å². The highest BCUT2D eigenvalue weighted by Crippen LogP contribution is 2.45. The zero-order valence-electron chi connectivity index (χ0n) is 19.2. The molecule has 0 saturated heterocycles. The molecule has 0 spiro atoms. The van der Waals surface area contributed by atoms with Gasteiger partial charge in [-0.1, -0.05) is 63.6 Å². The summed E-state index contributed by atoms with van der Waals surface area (Å²) < 4.78 is 1.84. The monoisotopic (exact) mass is 479 g/mol. The highest BCUT2D eigenvalue weighted by Gasteiger charge is 2.27. The van der Waals surface area contributed by atoms with Gasteiger partial charge in [0.2, 0.25) is 5.88 Å². The van der Waals surface area contributed by atoms with E-state index in [9.17, 15) is 9.90 Å². The Morgan fingerprint density at radius 3 is 2.64 bits per heavy atom. The van der Waals surface area contributed by atoms with Crippen molar-refractivity contribution in [2.45, 2.75) is 62.6 Å². The number of aromatic hydroxyl groups is 1. The van der Waals surface area contributed by atoms with E-state index in [4.69, 9.17) is 17.2 Å². The maximum atomic E-state index is 13.0. The molecule has 1 aromatic heterocycles. The van der Waals surface area contributed by atoms with Crippen LogP contribution in [0.1, 0.15) is 67.9 Å². The molecule has 4 rings (SSSR count). The lowest BCUT2D eigenvalue weighted by Crippen LogP contribution is -2.24. The van der Waals surface area contributed by atoms with Gasteiger partial charge < -0.3 is 5.11 Å². The molecule has 3 aromatic rings. The third kappa shape index (κ3) is 4.99. The maximum absolute atomic E-state index is 13.0. The summed E-state index contributed by atoms with van der Waals surface area (Å²) in [4.78, 5) is 21.7. The van der Waals surface area contributed by atoms with Crippen molar-refractivity contribution in [3.8, 4) is 5.88 Å². The van der Waals surface area contributed by atoms with Crippen molar-refractivity contribution in [1.82, 2.24) is 9.55 Å². The van der Waals surface area contributed by atoms with Crippen LogP contribution in [0.2, 0.25) is 0 Å². The van der Waals surface area contributed by atoms with Crippen molar-refractivity contribution in [2.24, 2.45) is 4.99 Å². The summed E-state index contributed by atoms with van der Waals surface area (Å²) in [6.07, 6.45) is 2.32. The summed E-state index contributed by atoms with van der Waals surface area (Å²) in [7, 11) is 0. The number of rotatable bonds is 6. The van der Waals surface area contributed by atoms with Crippen molar-refractivity contribution < 1.29 is 5.11 Å². The molecule has 0 amide bonds. The average molecular weight is 480 g/mol. The van der Waals surface area contributed by atoms with Gasteiger partial charge in [-0.25, -0.2) is 0 Å². The normalized spacial score (nSPS) is 15.8. The molecule has 0 saturated carbocycles. The molecule has 2 aromatic carbocycles. The van der Waals surface area contributed by atoms with Crippen molar-refractivity contribution in [3.63, 3.8) is 0 Å². The van der Waals surface area contributed by atoms with Gasteiger partial charge in [-0.3, -0.25) is 19.3 Å². The second-order valence-corrected chi connectivity index (χ2v) is 10.3. The van der Waals surface area contributed by atoms with Crippen LogP contribution in [0.4, 0.5) is 5.69 Å². The summed E-state index contributed by atoms with van der Waals surface area (Å²) >= 11 is 7.07. The van der Waals surface area contributed by atoms with Gasteiger partial charge in [-0.2, -0.15) is 0 Å². The number of aromatic amines is 1. The number of hydrogen-bond acceptors (Lipinski definition) is 5. The van der Waals surface area contributed by atoms with Crippen LogP contribution in [-0.2, 0) is 6.54 Å². The summed E-state index contributed by atoms with van der Waals surface area (Å²) in [5.74, 6) is 0.360. The molecule has 0 radical (unpaired) electrons. The van der Waals surface area contributed by atoms with Crippen LogP contribution in [0.5, 0.6) is 5.88 Å². The lowest BCUT2D eigenvalue weighted by molar-refractivity contribution is 0.398. The number of aromatic nitrogens is 2. The molecule has 33 heavy (non-hydrogen) atoms. The fourth-order valence-electron chi connectivity index (χ4n) is 3.99. The summed E-state index contributed by atoms with van der Waals surface area (Å²) in [5, 5.41) is 11.2. The molecular weight excluding hydrogens is 450 g/mol. The van der Waals surface area contributed by atoms with Gasteiger partial charge in [0.25, 0.3) is 5.56 Å². The largest absolute Gasteiger partial charge is 0.494 e. The number of hydrogen-bond donors (Lipinski definition) is 2. The highest BCUT2D eigenvalue weighted by molar-refractivity contribution is 7.99. The second-order valence-electron chi connectivity index (χ2n) is 8.62. The Balaban J connectivity index is 1.83. The van der Waals surface area contributed by atoms with E-state index in [0.717, 1.165) is 23.4 Å². The smallest absolute Gasteiger partial charge is 0.264 e. The predicted molar refractivity (Wildman–Crippen MR) is 139 cm³/mol. The van der Waals surface area contributed by atoms with Crippen LogP contribution in [0.15, 0.2) is 63.2 Å². The molecule has 2 N–H and O–H groups in total. The number of para-hydroxylation sites is 1. The van der Waals surface area contributed by atoms with Gasteiger partial charge in [-0.05, 0) is 47.8 Å². The third-order valence-corrected chi connectivity index (χ3v) is 7.58.